The monoisotopic (exact) mass is 315 g/mol. The number of sulfonamides is 1. The van der Waals surface area contributed by atoms with Gasteiger partial charge in [-0.2, -0.15) is 5.26 Å². The fourth-order valence-electron chi connectivity index (χ4n) is 1.78. The van der Waals surface area contributed by atoms with Gasteiger partial charge >= 0.3 is 0 Å². The van der Waals surface area contributed by atoms with Crippen molar-refractivity contribution in [2.45, 2.75) is 4.90 Å². The van der Waals surface area contributed by atoms with Gasteiger partial charge < -0.3 is 5.32 Å². The summed E-state index contributed by atoms with van der Waals surface area (Å²) in [6.07, 6.45) is 0. The predicted molar refractivity (Wildman–Crippen MR) is 81.8 cm³/mol. The lowest BCUT2D eigenvalue weighted by molar-refractivity contribution is 0.0963. The molecule has 0 fully saturated rings. The number of nitrogens with one attached hydrogen (secondary N) is 2. The number of nitriles is 1. The Morgan fingerprint density at radius 2 is 1.82 bits per heavy atom. The van der Waals surface area contributed by atoms with Crippen LogP contribution in [0.5, 0.6) is 0 Å². The van der Waals surface area contributed by atoms with Gasteiger partial charge in [0.25, 0.3) is 15.9 Å². The second-order valence-electron chi connectivity index (χ2n) is 4.40. The summed E-state index contributed by atoms with van der Waals surface area (Å²) in [6.45, 7) is 0. The first-order valence-corrected chi connectivity index (χ1v) is 7.80. The van der Waals surface area contributed by atoms with Gasteiger partial charge in [-0.25, -0.2) is 8.42 Å². The summed E-state index contributed by atoms with van der Waals surface area (Å²) in [5, 5.41) is 11.3. The smallest absolute Gasteiger partial charge is 0.261 e. The number of amides is 1. The zero-order valence-electron chi connectivity index (χ0n) is 11.7. The molecule has 2 rings (SSSR count). The molecule has 0 radical (unpaired) electrons. The molecular formula is C15H13N3O3S. The molecule has 6 nitrogen and oxygen atoms in total. The summed E-state index contributed by atoms with van der Waals surface area (Å²) in [4.78, 5) is 11.4. The van der Waals surface area contributed by atoms with Gasteiger partial charge in [0, 0.05) is 18.3 Å². The van der Waals surface area contributed by atoms with E-state index in [1.54, 1.807) is 0 Å². The van der Waals surface area contributed by atoms with Gasteiger partial charge in [0.05, 0.1) is 16.5 Å². The van der Waals surface area contributed by atoms with Crippen molar-refractivity contribution in [1.29, 1.82) is 5.26 Å². The second-order valence-corrected chi connectivity index (χ2v) is 6.08. The first-order valence-electron chi connectivity index (χ1n) is 6.31. The molecule has 0 bridgehead atoms. The Hall–Kier alpha value is -2.85. The van der Waals surface area contributed by atoms with Gasteiger partial charge in [-0.3, -0.25) is 9.52 Å². The standard InChI is InChI=1S/C15H13N3O3S/c1-17-15(19)12-5-7-13(8-6-12)18-22(20,21)14-4-2-3-11(9-14)10-16/h2-9,18H,1H3,(H,17,19). The number of carbonyl (C=O) groups is 1. The van der Waals surface area contributed by atoms with Crippen LogP contribution in [0.4, 0.5) is 5.69 Å². The zero-order chi connectivity index (χ0) is 16.2. The van der Waals surface area contributed by atoms with Crippen LogP contribution in [0.25, 0.3) is 0 Å². The molecule has 0 heterocycles. The van der Waals surface area contributed by atoms with Crippen LogP contribution in [-0.4, -0.2) is 21.4 Å². The normalized spacial score (nSPS) is 10.5. The third-order valence-electron chi connectivity index (χ3n) is 2.90. The Labute approximate surface area is 128 Å². The zero-order valence-corrected chi connectivity index (χ0v) is 12.5. The van der Waals surface area contributed by atoms with Crippen molar-refractivity contribution in [3.63, 3.8) is 0 Å². The molecule has 2 aromatic carbocycles. The Kier molecular flexibility index (Phi) is 4.44. The van der Waals surface area contributed by atoms with Gasteiger partial charge in [0.15, 0.2) is 0 Å². The highest BCUT2D eigenvalue weighted by molar-refractivity contribution is 7.92. The number of carbonyl (C=O) groups excluding carboxylic acids is 1. The van der Waals surface area contributed by atoms with Crippen LogP contribution < -0.4 is 10.0 Å². The number of hydrogen-bond donors (Lipinski definition) is 2. The maximum absolute atomic E-state index is 12.2. The highest BCUT2D eigenvalue weighted by atomic mass is 32.2. The Balaban J connectivity index is 2.25. The first-order chi connectivity index (χ1) is 10.5. The lowest BCUT2D eigenvalue weighted by Gasteiger charge is -2.09. The number of benzene rings is 2. The van der Waals surface area contributed by atoms with Crippen LogP contribution in [-0.2, 0) is 10.0 Å². The largest absolute Gasteiger partial charge is 0.355 e. The molecule has 7 heteroatoms. The molecule has 0 saturated carbocycles. The van der Waals surface area contributed by atoms with Gasteiger partial charge in [-0.1, -0.05) is 6.07 Å². The van der Waals surface area contributed by atoms with Crippen LogP contribution in [0.1, 0.15) is 15.9 Å². The maximum atomic E-state index is 12.2. The van der Waals surface area contributed by atoms with E-state index in [2.05, 4.69) is 10.0 Å². The van der Waals surface area contributed by atoms with E-state index in [0.717, 1.165) is 0 Å². The van der Waals surface area contributed by atoms with E-state index in [1.807, 2.05) is 6.07 Å². The van der Waals surface area contributed by atoms with Crippen molar-refractivity contribution in [3.8, 4) is 6.07 Å². The second kappa shape index (κ2) is 6.28. The molecule has 0 aliphatic rings. The molecule has 0 aliphatic heterocycles. The summed E-state index contributed by atoms with van der Waals surface area (Å²) in [7, 11) is -2.27. The van der Waals surface area contributed by atoms with E-state index < -0.39 is 10.0 Å². The third-order valence-corrected chi connectivity index (χ3v) is 4.28. The topological polar surface area (TPSA) is 99.1 Å². The molecule has 0 aromatic heterocycles. The first kappa shape index (κ1) is 15.5. The highest BCUT2D eigenvalue weighted by Gasteiger charge is 2.15. The summed E-state index contributed by atoms with van der Waals surface area (Å²) in [5.41, 5.74) is 1.02. The number of nitrogens with zero attached hydrogens (tertiary/aromatic N) is 1. The van der Waals surface area contributed by atoms with E-state index in [1.165, 1.54) is 55.6 Å². The van der Waals surface area contributed by atoms with E-state index in [-0.39, 0.29) is 16.4 Å². The number of rotatable bonds is 4. The van der Waals surface area contributed by atoms with Crippen molar-refractivity contribution in [1.82, 2.24) is 5.32 Å². The van der Waals surface area contributed by atoms with Gasteiger partial charge in [0.2, 0.25) is 0 Å². The average Bonchev–Trinajstić information content (AvgIpc) is 2.54. The minimum atomic E-state index is -3.79. The van der Waals surface area contributed by atoms with Gasteiger partial charge in [-0.15, -0.1) is 0 Å². The molecule has 2 N–H and O–H groups in total. The average molecular weight is 315 g/mol. The van der Waals surface area contributed by atoms with E-state index >= 15 is 0 Å². The predicted octanol–water partition coefficient (Wildman–Crippen LogP) is 1.72. The van der Waals surface area contributed by atoms with Crippen molar-refractivity contribution in [2.75, 3.05) is 11.8 Å². The van der Waals surface area contributed by atoms with Gasteiger partial charge in [0.1, 0.15) is 0 Å². The maximum Gasteiger partial charge on any atom is 0.261 e. The molecule has 22 heavy (non-hydrogen) atoms. The molecule has 0 aliphatic carbocycles. The third kappa shape index (κ3) is 3.42. The lowest BCUT2D eigenvalue weighted by atomic mass is 10.2. The lowest BCUT2D eigenvalue weighted by Crippen LogP contribution is -2.18. The van der Waals surface area contributed by atoms with Crippen LogP contribution >= 0.6 is 0 Å². The van der Waals surface area contributed by atoms with Crippen LogP contribution in [0.15, 0.2) is 53.4 Å². The Morgan fingerprint density at radius 3 is 2.41 bits per heavy atom. The number of hydrogen-bond acceptors (Lipinski definition) is 4. The van der Waals surface area contributed by atoms with Gasteiger partial charge in [-0.05, 0) is 42.5 Å². The summed E-state index contributed by atoms with van der Waals surface area (Å²) in [6, 6.07) is 13.6. The molecule has 1 amide bonds. The minimum absolute atomic E-state index is 0.00178. The molecule has 112 valence electrons. The molecule has 2 aromatic rings. The number of anilines is 1. The van der Waals surface area contributed by atoms with Crippen molar-refractivity contribution in [2.24, 2.45) is 0 Å². The van der Waals surface area contributed by atoms with E-state index in [4.69, 9.17) is 5.26 Å². The molecule has 0 saturated heterocycles. The minimum Gasteiger partial charge on any atom is -0.355 e. The quantitative estimate of drug-likeness (QED) is 0.897. The van der Waals surface area contributed by atoms with Crippen molar-refractivity contribution in [3.05, 3.63) is 59.7 Å². The van der Waals surface area contributed by atoms with E-state index in [0.29, 0.717) is 11.3 Å². The van der Waals surface area contributed by atoms with Crippen molar-refractivity contribution < 1.29 is 13.2 Å². The Bertz CT molecular complexity index is 837. The molecule has 0 atom stereocenters. The molecule has 0 spiro atoms. The highest BCUT2D eigenvalue weighted by Crippen LogP contribution is 2.17. The summed E-state index contributed by atoms with van der Waals surface area (Å²) < 4.78 is 26.9. The molecular weight excluding hydrogens is 302 g/mol. The SMILES string of the molecule is CNC(=O)c1ccc(NS(=O)(=O)c2cccc(C#N)c2)cc1. The van der Waals surface area contributed by atoms with E-state index in [9.17, 15) is 13.2 Å². The summed E-state index contributed by atoms with van der Waals surface area (Å²) in [5.74, 6) is -0.254. The van der Waals surface area contributed by atoms with Crippen LogP contribution in [0, 0.1) is 11.3 Å². The Morgan fingerprint density at radius 1 is 1.14 bits per heavy atom. The summed E-state index contributed by atoms with van der Waals surface area (Å²) >= 11 is 0. The van der Waals surface area contributed by atoms with Crippen LogP contribution in [0.3, 0.4) is 0 Å². The fraction of sp³-hybridized carbons (Fsp3) is 0.0667. The fourth-order valence-corrected chi connectivity index (χ4v) is 2.88. The van der Waals surface area contributed by atoms with Crippen molar-refractivity contribution >= 4 is 21.6 Å². The molecule has 0 unspecified atom stereocenters. The van der Waals surface area contributed by atoms with Crippen LogP contribution in [0.2, 0.25) is 0 Å².